The molecule has 4 rings (SSSR count). The molecular weight excluding hydrogens is 470 g/mol. The van der Waals surface area contributed by atoms with Crippen LogP contribution in [0, 0.1) is 6.92 Å². The van der Waals surface area contributed by atoms with Gasteiger partial charge in [0.05, 0.1) is 11.1 Å². The summed E-state index contributed by atoms with van der Waals surface area (Å²) in [4.78, 5) is 34.1. The van der Waals surface area contributed by atoms with Gasteiger partial charge in [0.15, 0.2) is 5.16 Å². The first-order valence-electron chi connectivity index (χ1n) is 8.78. The van der Waals surface area contributed by atoms with E-state index in [-0.39, 0.29) is 17.2 Å². The first-order chi connectivity index (χ1) is 14.0. The number of nitrogens with zero attached hydrogens (tertiary/aromatic N) is 1. The summed E-state index contributed by atoms with van der Waals surface area (Å²) in [6, 6.07) is 17.2. The van der Waals surface area contributed by atoms with Crippen LogP contribution in [0.4, 0.5) is 5.69 Å². The Labute approximate surface area is 183 Å². The van der Waals surface area contributed by atoms with Gasteiger partial charge in [-0.1, -0.05) is 58.0 Å². The Hall–Kier alpha value is -2.42. The number of amides is 1. The molecule has 1 amide bonds. The van der Waals surface area contributed by atoms with E-state index in [0.717, 1.165) is 26.2 Å². The Morgan fingerprint density at radius 3 is 2.62 bits per heavy atom. The number of anilines is 1. The van der Waals surface area contributed by atoms with Crippen LogP contribution in [0.2, 0.25) is 0 Å². The molecule has 4 aromatic rings. The quantitative estimate of drug-likeness (QED) is 0.291. The zero-order chi connectivity index (χ0) is 20.4. The minimum absolute atomic E-state index is 0.153. The number of thiophene rings is 1. The second kappa shape index (κ2) is 8.52. The number of aromatic amines is 1. The molecule has 2 aromatic carbocycles. The molecule has 0 fully saturated rings. The highest BCUT2D eigenvalue weighted by molar-refractivity contribution is 9.10. The number of halogens is 1. The average molecular weight is 486 g/mol. The van der Waals surface area contributed by atoms with Crippen molar-refractivity contribution in [3.8, 4) is 11.1 Å². The lowest BCUT2D eigenvalue weighted by Gasteiger charge is -2.05. The van der Waals surface area contributed by atoms with Gasteiger partial charge in [0.1, 0.15) is 4.83 Å². The molecule has 2 N–H and O–H groups in total. The minimum Gasteiger partial charge on any atom is -0.325 e. The van der Waals surface area contributed by atoms with E-state index in [1.807, 2.05) is 61.5 Å². The van der Waals surface area contributed by atoms with Gasteiger partial charge in [-0.2, -0.15) is 0 Å². The fourth-order valence-electron chi connectivity index (χ4n) is 2.98. The van der Waals surface area contributed by atoms with E-state index in [2.05, 4.69) is 31.2 Å². The van der Waals surface area contributed by atoms with E-state index < -0.39 is 0 Å². The largest absolute Gasteiger partial charge is 0.325 e. The molecule has 146 valence electrons. The van der Waals surface area contributed by atoms with E-state index in [1.165, 1.54) is 23.1 Å². The Morgan fingerprint density at radius 1 is 1.17 bits per heavy atom. The number of carbonyl (C=O) groups is 1. The third-order valence-corrected chi connectivity index (χ3v) is 6.65. The number of rotatable bonds is 5. The van der Waals surface area contributed by atoms with Crippen LogP contribution in [-0.4, -0.2) is 21.6 Å². The maximum atomic E-state index is 12.8. The highest BCUT2D eigenvalue weighted by Crippen LogP contribution is 2.35. The van der Waals surface area contributed by atoms with Crippen LogP contribution >= 0.6 is 39.0 Å². The third-order valence-electron chi connectivity index (χ3n) is 4.25. The van der Waals surface area contributed by atoms with Crippen molar-refractivity contribution in [3.05, 3.63) is 74.3 Å². The van der Waals surface area contributed by atoms with Crippen LogP contribution in [0.25, 0.3) is 21.3 Å². The summed E-state index contributed by atoms with van der Waals surface area (Å²) in [6.07, 6.45) is 0. The Morgan fingerprint density at radius 2 is 1.90 bits per heavy atom. The fraction of sp³-hybridized carbons (Fsp3) is 0.0952. The van der Waals surface area contributed by atoms with Gasteiger partial charge in [0, 0.05) is 20.6 Å². The summed E-state index contributed by atoms with van der Waals surface area (Å²) in [7, 11) is 0. The zero-order valence-corrected chi connectivity index (χ0v) is 18.6. The predicted molar refractivity (Wildman–Crippen MR) is 124 cm³/mol. The van der Waals surface area contributed by atoms with E-state index in [9.17, 15) is 9.59 Å². The smallest absolute Gasteiger partial charge is 0.260 e. The molecule has 2 aromatic heterocycles. The molecule has 8 heteroatoms. The normalized spacial score (nSPS) is 11.0. The monoisotopic (exact) mass is 485 g/mol. The van der Waals surface area contributed by atoms with Crippen LogP contribution in [0.1, 0.15) is 4.88 Å². The van der Waals surface area contributed by atoms with E-state index >= 15 is 0 Å². The number of hydrogen-bond acceptors (Lipinski definition) is 5. The summed E-state index contributed by atoms with van der Waals surface area (Å²) in [5.74, 6) is -0.00663. The predicted octanol–water partition coefficient (Wildman–Crippen LogP) is 5.45. The number of H-pyrrole nitrogens is 1. The van der Waals surface area contributed by atoms with Gasteiger partial charge in [-0.25, -0.2) is 4.98 Å². The maximum Gasteiger partial charge on any atom is 0.260 e. The second-order valence-electron chi connectivity index (χ2n) is 6.29. The molecule has 0 atom stereocenters. The molecule has 2 heterocycles. The van der Waals surface area contributed by atoms with Gasteiger partial charge in [-0.15, -0.1) is 11.3 Å². The van der Waals surface area contributed by atoms with Gasteiger partial charge in [0.2, 0.25) is 5.91 Å². The Kier molecular flexibility index (Phi) is 5.84. The molecule has 0 unspecified atom stereocenters. The summed E-state index contributed by atoms with van der Waals surface area (Å²) in [5.41, 5.74) is 2.45. The first kappa shape index (κ1) is 19.9. The molecule has 0 spiro atoms. The maximum absolute atomic E-state index is 12.8. The van der Waals surface area contributed by atoms with Gasteiger partial charge in [-0.3, -0.25) is 9.59 Å². The Balaban J connectivity index is 1.54. The second-order valence-corrected chi connectivity index (χ2v) is 9.38. The molecular formula is C21H16BrN3O2S2. The van der Waals surface area contributed by atoms with Crippen LogP contribution in [-0.2, 0) is 4.79 Å². The topological polar surface area (TPSA) is 74.8 Å². The molecule has 0 bridgehead atoms. The lowest BCUT2D eigenvalue weighted by molar-refractivity contribution is -0.113. The van der Waals surface area contributed by atoms with Gasteiger partial charge in [-0.05, 0) is 36.8 Å². The lowest BCUT2D eigenvalue weighted by atomic mass is 10.0. The summed E-state index contributed by atoms with van der Waals surface area (Å²) >= 11 is 6.06. The number of benzene rings is 2. The average Bonchev–Trinajstić information content (AvgIpc) is 3.05. The third kappa shape index (κ3) is 4.44. The summed E-state index contributed by atoms with van der Waals surface area (Å²) in [5, 5.41) is 3.87. The molecule has 29 heavy (non-hydrogen) atoms. The van der Waals surface area contributed by atoms with E-state index in [4.69, 9.17) is 0 Å². The van der Waals surface area contributed by atoms with Crippen molar-refractivity contribution in [3.63, 3.8) is 0 Å². The minimum atomic E-state index is -0.186. The highest BCUT2D eigenvalue weighted by Gasteiger charge is 2.17. The van der Waals surface area contributed by atoms with Crippen molar-refractivity contribution in [2.45, 2.75) is 12.1 Å². The summed E-state index contributed by atoms with van der Waals surface area (Å²) in [6.45, 7) is 1.99. The molecule has 0 saturated carbocycles. The molecule has 0 saturated heterocycles. The van der Waals surface area contributed by atoms with Gasteiger partial charge in [0.25, 0.3) is 5.56 Å². The number of aryl methyl sites for hydroxylation is 1. The van der Waals surface area contributed by atoms with Crippen molar-refractivity contribution < 1.29 is 4.79 Å². The fourth-order valence-corrected chi connectivity index (χ4v) is 5.01. The highest BCUT2D eigenvalue weighted by atomic mass is 79.9. The number of aromatic nitrogens is 2. The van der Waals surface area contributed by atoms with Gasteiger partial charge < -0.3 is 10.3 Å². The van der Waals surface area contributed by atoms with Crippen LogP contribution in [0.15, 0.2) is 69.0 Å². The van der Waals surface area contributed by atoms with Crippen molar-refractivity contribution in [2.75, 3.05) is 11.1 Å². The van der Waals surface area contributed by atoms with E-state index in [1.54, 1.807) is 0 Å². The summed E-state index contributed by atoms with van der Waals surface area (Å²) < 4.78 is 0.945. The molecule has 0 radical (unpaired) electrons. The number of hydrogen-bond donors (Lipinski definition) is 2. The standard InChI is InChI=1S/C21H16BrN3O2S2/c1-12-17(13-5-3-2-4-6-13)18-19(27)24-21(25-20(18)29-12)28-11-16(26)23-15-9-7-14(22)8-10-15/h2-10H,11H2,1H3,(H,23,26)(H,24,25,27). The number of fused-ring (bicyclic) bond motifs is 1. The molecule has 0 aliphatic carbocycles. The molecule has 5 nitrogen and oxygen atoms in total. The van der Waals surface area contributed by atoms with Crippen molar-refractivity contribution in [1.82, 2.24) is 9.97 Å². The SMILES string of the molecule is Cc1sc2nc(SCC(=O)Nc3ccc(Br)cc3)[nH]c(=O)c2c1-c1ccccc1. The lowest BCUT2D eigenvalue weighted by Crippen LogP contribution is -2.15. The van der Waals surface area contributed by atoms with Gasteiger partial charge >= 0.3 is 0 Å². The van der Waals surface area contributed by atoms with Crippen LogP contribution < -0.4 is 10.9 Å². The van der Waals surface area contributed by atoms with Crippen molar-refractivity contribution in [1.29, 1.82) is 0 Å². The first-order valence-corrected chi connectivity index (χ1v) is 11.4. The van der Waals surface area contributed by atoms with Crippen LogP contribution in [0.5, 0.6) is 0 Å². The van der Waals surface area contributed by atoms with Crippen LogP contribution in [0.3, 0.4) is 0 Å². The van der Waals surface area contributed by atoms with E-state index in [0.29, 0.717) is 15.4 Å². The van der Waals surface area contributed by atoms with Crippen molar-refractivity contribution in [2.24, 2.45) is 0 Å². The van der Waals surface area contributed by atoms with Crippen molar-refractivity contribution >= 4 is 60.8 Å². The Bertz CT molecular complexity index is 1230. The molecule has 0 aliphatic heterocycles. The number of thioether (sulfide) groups is 1. The number of carbonyl (C=O) groups excluding carboxylic acids is 1. The zero-order valence-electron chi connectivity index (χ0n) is 15.4. The number of nitrogens with one attached hydrogen (secondary N) is 2. The molecule has 0 aliphatic rings.